The van der Waals surface area contributed by atoms with E-state index in [2.05, 4.69) is 17.3 Å². The third-order valence-corrected chi connectivity index (χ3v) is 9.05. The van der Waals surface area contributed by atoms with Crippen molar-refractivity contribution in [1.29, 1.82) is 0 Å². The Balaban J connectivity index is 1.42. The summed E-state index contributed by atoms with van der Waals surface area (Å²) < 4.78 is 13.1. The number of piperidine rings is 1. The second kappa shape index (κ2) is 7.70. The van der Waals surface area contributed by atoms with Crippen molar-refractivity contribution in [2.24, 2.45) is 0 Å². The van der Waals surface area contributed by atoms with Crippen molar-refractivity contribution in [3.05, 3.63) is 59.2 Å². The molecule has 2 aliphatic carbocycles. The normalized spacial score (nSPS) is 34.2. The van der Waals surface area contributed by atoms with Crippen LogP contribution in [-0.4, -0.2) is 71.6 Å². The topological polar surface area (TPSA) is 91.3 Å². The molecule has 0 amide bonds. The fourth-order valence-corrected chi connectivity index (χ4v) is 7.64. The van der Waals surface area contributed by atoms with Gasteiger partial charge in [0.2, 0.25) is 0 Å². The number of phenolic OH excluding ortho intramolecular Hbond substituents is 1. The second-order valence-corrected chi connectivity index (χ2v) is 10.4. The van der Waals surface area contributed by atoms with E-state index < -0.39 is 23.0 Å². The molecule has 1 spiro atoms. The predicted octanol–water partition coefficient (Wildman–Crippen LogP) is 2.48. The molecule has 34 heavy (non-hydrogen) atoms. The molecule has 7 nitrogen and oxygen atoms in total. The number of carbonyl (C=O) groups is 1. The van der Waals surface area contributed by atoms with E-state index in [1.54, 1.807) is 13.2 Å². The van der Waals surface area contributed by atoms with Gasteiger partial charge in [0, 0.05) is 24.8 Å². The number of methoxy groups -OCH3 is 1. The van der Waals surface area contributed by atoms with Gasteiger partial charge in [0.25, 0.3) is 0 Å². The predicted molar refractivity (Wildman–Crippen MR) is 126 cm³/mol. The number of aromatic hydroxyl groups is 1. The van der Waals surface area contributed by atoms with Gasteiger partial charge in [-0.25, -0.2) is 0 Å². The molecule has 2 bridgehead atoms. The first-order chi connectivity index (χ1) is 16.4. The summed E-state index contributed by atoms with van der Waals surface area (Å²) in [5.74, 6) is -0.146. The zero-order chi connectivity index (χ0) is 23.7. The summed E-state index contributed by atoms with van der Waals surface area (Å²) in [7, 11) is 3.97. The van der Waals surface area contributed by atoms with Crippen molar-refractivity contribution >= 4 is 5.97 Å². The number of likely N-dealkylation sites (N-methyl/N-ethyl adjacent to an activating group) is 1. The van der Waals surface area contributed by atoms with Crippen molar-refractivity contribution in [2.45, 2.75) is 67.3 Å². The monoisotopic (exact) mass is 464 g/mol. The summed E-state index contributed by atoms with van der Waals surface area (Å²) in [5.41, 5.74) is 2.42. The Kier molecular flexibility index (Phi) is 4.96. The van der Waals surface area contributed by atoms with Crippen LogP contribution >= 0.6 is 0 Å². The summed E-state index contributed by atoms with van der Waals surface area (Å²) >= 11 is 0. The van der Waals surface area contributed by atoms with E-state index in [9.17, 15) is 15.0 Å². The zero-order valence-electron chi connectivity index (χ0n) is 19.7. The molecule has 4 aliphatic rings. The third-order valence-electron chi connectivity index (χ3n) is 9.05. The number of ether oxygens (including phenoxy) is 2. The average molecular weight is 465 g/mol. The van der Waals surface area contributed by atoms with Gasteiger partial charge in [-0.3, -0.25) is 10.1 Å². The summed E-state index contributed by atoms with van der Waals surface area (Å²) in [6.45, 7) is 0.906. The summed E-state index contributed by atoms with van der Waals surface area (Å²) in [6.07, 6.45) is 3.34. The third kappa shape index (κ3) is 2.78. The molecule has 0 aromatic heterocycles. The molecule has 2 unspecified atom stereocenters. The van der Waals surface area contributed by atoms with Crippen LogP contribution < -0.4 is 10.1 Å². The number of hydrogen-bond donors (Lipinski definition) is 3. The van der Waals surface area contributed by atoms with Gasteiger partial charge < -0.3 is 24.6 Å². The molecule has 2 aromatic carbocycles. The lowest BCUT2D eigenvalue weighted by molar-refractivity contribution is -0.204. The minimum absolute atomic E-state index is 0.155. The molecule has 1 saturated heterocycles. The highest BCUT2D eigenvalue weighted by Gasteiger charge is 2.73. The van der Waals surface area contributed by atoms with Crippen LogP contribution in [0.1, 0.15) is 36.0 Å². The van der Waals surface area contributed by atoms with Crippen molar-refractivity contribution in [1.82, 2.24) is 10.2 Å². The van der Waals surface area contributed by atoms with Crippen LogP contribution in [0.5, 0.6) is 11.5 Å². The average Bonchev–Trinajstić information content (AvgIpc) is 3.20. The van der Waals surface area contributed by atoms with Gasteiger partial charge in [-0.15, -0.1) is 0 Å². The van der Waals surface area contributed by atoms with E-state index in [4.69, 9.17) is 9.47 Å². The van der Waals surface area contributed by atoms with Gasteiger partial charge in [-0.1, -0.05) is 36.4 Å². The molecule has 2 fully saturated rings. The Hall–Kier alpha value is -2.61. The Labute approximate surface area is 199 Å². The van der Waals surface area contributed by atoms with Gasteiger partial charge in [0.15, 0.2) is 11.5 Å². The van der Waals surface area contributed by atoms with Crippen LogP contribution in [0.3, 0.4) is 0 Å². The quantitative estimate of drug-likeness (QED) is 0.605. The number of nitrogens with zero attached hydrogens (tertiary/aromatic N) is 1. The van der Waals surface area contributed by atoms with Gasteiger partial charge >= 0.3 is 5.97 Å². The molecule has 3 N–H and O–H groups in total. The Bertz CT molecular complexity index is 1120. The molecule has 2 heterocycles. The Morgan fingerprint density at radius 3 is 2.79 bits per heavy atom. The Morgan fingerprint density at radius 2 is 2.06 bits per heavy atom. The fraction of sp³-hybridized carbons (Fsp3) is 0.519. The maximum absolute atomic E-state index is 12.3. The lowest BCUT2D eigenvalue weighted by Gasteiger charge is -2.65. The first-order valence-corrected chi connectivity index (χ1v) is 12.2. The van der Waals surface area contributed by atoms with E-state index in [1.165, 1.54) is 5.56 Å². The smallest absolute Gasteiger partial charge is 0.321 e. The lowest BCUT2D eigenvalue weighted by Crippen LogP contribution is -2.78. The van der Waals surface area contributed by atoms with Gasteiger partial charge in [0.05, 0.1) is 11.0 Å². The number of hydrogen-bond acceptors (Lipinski definition) is 6. The second-order valence-electron chi connectivity index (χ2n) is 10.4. The highest BCUT2D eigenvalue weighted by atomic mass is 16.5. The van der Waals surface area contributed by atoms with Gasteiger partial charge in [0.1, 0.15) is 12.1 Å². The highest BCUT2D eigenvalue weighted by Crippen LogP contribution is 2.66. The number of phenols is 1. The van der Waals surface area contributed by atoms with Gasteiger partial charge in [-0.2, -0.15) is 0 Å². The van der Waals surface area contributed by atoms with E-state index >= 15 is 0 Å². The van der Waals surface area contributed by atoms with E-state index in [-0.39, 0.29) is 23.9 Å². The number of carboxylic acid groups (broad SMARTS) is 1. The molecule has 180 valence electrons. The summed E-state index contributed by atoms with van der Waals surface area (Å²) in [6, 6.07) is 12.8. The molecule has 6 rings (SSSR count). The van der Waals surface area contributed by atoms with Crippen LogP contribution in [0.4, 0.5) is 0 Å². The molecule has 6 atom stereocenters. The zero-order valence-corrected chi connectivity index (χ0v) is 19.7. The lowest BCUT2D eigenvalue weighted by atomic mass is 9.48. The first kappa shape index (κ1) is 21.9. The SMILES string of the molecule is CO[C@@]12CC[C@@H](N[C@@H](Cc3ccccc3)C(=O)O)[C@@H]3Oc4c(O)ccc5c4C31CCN(C)C2C5. The van der Waals surface area contributed by atoms with Crippen molar-refractivity contribution in [2.75, 3.05) is 20.7 Å². The highest BCUT2D eigenvalue weighted by molar-refractivity contribution is 5.74. The van der Waals surface area contributed by atoms with Crippen LogP contribution in [0, 0.1) is 0 Å². The standard InChI is InChI=1S/C27H32N2O5/c1-29-13-12-26-22-17-8-9-20(30)23(22)34-24(26)18(10-11-27(26,33-2)21(29)15-17)28-19(25(31)32)14-16-6-4-3-5-7-16/h3-9,18-19,21,24,28,30H,10-15H2,1-2H3,(H,31,32)/t18-,19+,21?,24+,26?,27-/m1/s1. The van der Waals surface area contributed by atoms with Crippen LogP contribution in [-0.2, 0) is 27.8 Å². The number of carboxylic acids is 1. The largest absolute Gasteiger partial charge is 0.504 e. The van der Waals surface area contributed by atoms with Crippen LogP contribution in [0.15, 0.2) is 42.5 Å². The molecule has 7 heteroatoms. The molecule has 2 aromatic rings. The van der Waals surface area contributed by atoms with E-state index in [0.29, 0.717) is 12.2 Å². The molecular formula is C27H32N2O5. The molecule has 2 aliphatic heterocycles. The number of aliphatic carboxylic acids is 1. The first-order valence-electron chi connectivity index (χ1n) is 12.2. The minimum atomic E-state index is -0.867. The van der Waals surface area contributed by atoms with Crippen molar-refractivity contribution in [3.63, 3.8) is 0 Å². The summed E-state index contributed by atoms with van der Waals surface area (Å²) in [4.78, 5) is 14.7. The van der Waals surface area contributed by atoms with E-state index in [0.717, 1.165) is 43.4 Å². The number of benzene rings is 2. The van der Waals surface area contributed by atoms with Crippen molar-refractivity contribution < 1.29 is 24.5 Å². The van der Waals surface area contributed by atoms with Gasteiger partial charge in [-0.05, 0) is 62.9 Å². The number of likely N-dealkylation sites (tertiary alicyclic amines) is 1. The molecular weight excluding hydrogens is 432 g/mol. The van der Waals surface area contributed by atoms with Crippen molar-refractivity contribution in [3.8, 4) is 11.5 Å². The minimum Gasteiger partial charge on any atom is -0.504 e. The van der Waals surface area contributed by atoms with E-state index in [1.807, 2.05) is 36.4 Å². The number of rotatable bonds is 6. The van der Waals surface area contributed by atoms with Crippen LogP contribution in [0.2, 0.25) is 0 Å². The maximum atomic E-state index is 12.3. The molecule has 0 radical (unpaired) electrons. The fourth-order valence-electron chi connectivity index (χ4n) is 7.64. The number of nitrogens with one attached hydrogen (secondary N) is 1. The maximum Gasteiger partial charge on any atom is 0.321 e. The van der Waals surface area contributed by atoms with Crippen LogP contribution in [0.25, 0.3) is 0 Å². The molecule has 1 saturated carbocycles. The Morgan fingerprint density at radius 1 is 1.26 bits per heavy atom. The summed E-state index contributed by atoms with van der Waals surface area (Å²) in [5, 5.41) is 24.3.